The molecule has 0 fully saturated rings. The van der Waals surface area contributed by atoms with Crippen molar-refractivity contribution in [2.24, 2.45) is 0 Å². The van der Waals surface area contributed by atoms with Crippen molar-refractivity contribution >= 4 is 26.8 Å². The monoisotopic (exact) mass is 343 g/mol. The first-order valence-corrected chi connectivity index (χ1v) is 7.43. The van der Waals surface area contributed by atoms with Gasteiger partial charge in [-0.3, -0.25) is 4.98 Å². The number of fused-ring (bicyclic) bond motifs is 1. The molecule has 1 atom stereocenters. The highest BCUT2D eigenvalue weighted by molar-refractivity contribution is 9.10. The van der Waals surface area contributed by atoms with Crippen molar-refractivity contribution in [3.05, 3.63) is 64.8 Å². The van der Waals surface area contributed by atoms with Crippen LogP contribution in [-0.4, -0.2) is 10.1 Å². The molecule has 0 aliphatic rings. The van der Waals surface area contributed by atoms with Gasteiger partial charge in [0.25, 0.3) is 0 Å². The van der Waals surface area contributed by atoms with Crippen molar-refractivity contribution in [3.63, 3.8) is 0 Å². The van der Waals surface area contributed by atoms with Gasteiger partial charge in [0.1, 0.15) is 11.5 Å². The molecule has 1 N–H and O–H groups in total. The molecule has 0 aliphatic carbocycles. The summed E-state index contributed by atoms with van der Waals surface area (Å²) in [5, 5.41) is 10.7. The second-order valence-corrected chi connectivity index (χ2v) is 5.68. The third kappa shape index (κ3) is 3.06. The zero-order valence-electron chi connectivity index (χ0n) is 11.5. The lowest BCUT2D eigenvalue weighted by Gasteiger charge is -2.11. The smallest absolute Gasteiger partial charge is 0.146 e. The Labute approximate surface area is 131 Å². The maximum absolute atomic E-state index is 9.62. The molecule has 0 bridgehead atoms. The van der Waals surface area contributed by atoms with Gasteiger partial charge in [-0.25, -0.2) is 0 Å². The first kappa shape index (κ1) is 14.0. The Kier molecular flexibility index (Phi) is 3.90. The molecule has 0 saturated heterocycles. The highest BCUT2D eigenvalue weighted by Gasteiger charge is 2.08. The van der Waals surface area contributed by atoms with Crippen LogP contribution in [0.15, 0.2) is 59.2 Å². The van der Waals surface area contributed by atoms with Crippen LogP contribution >= 0.6 is 15.9 Å². The number of ether oxygens (including phenoxy) is 1. The molecule has 1 heterocycles. The standard InChI is InChI=1S/C17H14BrNO2/c1-11(20)15-7-6-13(9-16(15)18)21-14-8-12-4-2-3-5-17(12)19-10-14/h2-11,20H,1H3/t11-/m1/s1. The zero-order valence-corrected chi connectivity index (χ0v) is 13.0. The van der Waals surface area contributed by atoms with Gasteiger partial charge in [-0.05, 0) is 36.8 Å². The lowest BCUT2D eigenvalue weighted by molar-refractivity contribution is 0.198. The fraction of sp³-hybridized carbons (Fsp3) is 0.118. The van der Waals surface area contributed by atoms with Gasteiger partial charge in [-0.1, -0.05) is 40.2 Å². The Morgan fingerprint density at radius 2 is 1.90 bits per heavy atom. The van der Waals surface area contributed by atoms with E-state index in [1.165, 1.54) is 0 Å². The fourth-order valence-corrected chi connectivity index (χ4v) is 2.84. The molecule has 0 spiro atoms. The molecule has 0 amide bonds. The summed E-state index contributed by atoms with van der Waals surface area (Å²) < 4.78 is 6.65. The Hall–Kier alpha value is -1.91. The van der Waals surface area contributed by atoms with E-state index >= 15 is 0 Å². The molecule has 3 aromatic rings. The summed E-state index contributed by atoms with van der Waals surface area (Å²) >= 11 is 3.45. The maximum atomic E-state index is 9.62. The Morgan fingerprint density at radius 1 is 1.10 bits per heavy atom. The number of para-hydroxylation sites is 1. The molecule has 0 unspecified atom stereocenters. The lowest BCUT2D eigenvalue weighted by Crippen LogP contribution is -1.93. The van der Waals surface area contributed by atoms with E-state index in [1.807, 2.05) is 48.5 Å². The van der Waals surface area contributed by atoms with Crippen molar-refractivity contribution in [1.29, 1.82) is 0 Å². The second-order valence-electron chi connectivity index (χ2n) is 4.83. The summed E-state index contributed by atoms with van der Waals surface area (Å²) in [7, 11) is 0. The summed E-state index contributed by atoms with van der Waals surface area (Å²) in [6.45, 7) is 1.73. The Balaban J connectivity index is 1.89. The minimum atomic E-state index is -0.518. The molecule has 3 rings (SSSR count). The van der Waals surface area contributed by atoms with Crippen molar-refractivity contribution in [2.45, 2.75) is 13.0 Å². The predicted octanol–water partition coefficient (Wildman–Crippen LogP) is 4.84. The topological polar surface area (TPSA) is 42.4 Å². The number of hydrogen-bond acceptors (Lipinski definition) is 3. The number of benzene rings is 2. The third-order valence-electron chi connectivity index (χ3n) is 3.22. The minimum Gasteiger partial charge on any atom is -0.456 e. The Morgan fingerprint density at radius 3 is 2.67 bits per heavy atom. The number of aliphatic hydroxyl groups is 1. The number of aromatic nitrogens is 1. The number of pyridine rings is 1. The molecule has 0 aliphatic heterocycles. The van der Waals surface area contributed by atoms with E-state index in [0.717, 1.165) is 20.9 Å². The summed E-state index contributed by atoms with van der Waals surface area (Å²) in [6.07, 6.45) is 1.19. The summed E-state index contributed by atoms with van der Waals surface area (Å²) in [5.74, 6) is 1.38. The fourth-order valence-electron chi connectivity index (χ4n) is 2.15. The third-order valence-corrected chi connectivity index (χ3v) is 3.91. The largest absolute Gasteiger partial charge is 0.456 e. The van der Waals surface area contributed by atoms with E-state index in [1.54, 1.807) is 13.1 Å². The number of nitrogens with zero attached hydrogens (tertiary/aromatic N) is 1. The zero-order chi connectivity index (χ0) is 14.8. The van der Waals surface area contributed by atoms with Gasteiger partial charge in [0.05, 0.1) is 17.8 Å². The molecule has 1 aromatic heterocycles. The lowest BCUT2D eigenvalue weighted by atomic mass is 10.1. The van der Waals surface area contributed by atoms with Crippen molar-refractivity contribution in [3.8, 4) is 11.5 Å². The van der Waals surface area contributed by atoms with Crippen LogP contribution in [0.2, 0.25) is 0 Å². The van der Waals surface area contributed by atoms with Crippen LogP contribution < -0.4 is 4.74 Å². The van der Waals surface area contributed by atoms with Crippen LogP contribution in [0.4, 0.5) is 0 Å². The van der Waals surface area contributed by atoms with Crippen LogP contribution in [-0.2, 0) is 0 Å². The first-order valence-electron chi connectivity index (χ1n) is 6.63. The molecule has 106 valence electrons. The van der Waals surface area contributed by atoms with Crippen LogP contribution in [0.1, 0.15) is 18.6 Å². The second kappa shape index (κ2) is 5.84. The predicted molar refractivity (Wildman–Crippen MR) is 86.6 cm³/mol. The normalized spacial score (nSPS) is 12.3. The average molecular weight is 344 g/mol. The van der Waals surface area contributed by atoms with E-state index in [0.29, 0.717) is 11.5 Å². The van der Waals surface area contributed by atoms with Crippen LogP contribution in [0.25, 0.3) is 10.9 Å². The number of hydrogen-bond donors (Lipinski definition) is 1. The quantitative estimate of drug-likeness (QED) is 0.739. The summed E-state index contributed by atoms with van der Waals surface area (Å²) in [4.78, 5) is 4.37. The highest BCUT2D eigenvalue weighted by atomic mass is 79.9. The molecule has 2 aromatic carbocycles. The van der Waals surface area contributed by atoms with Crippen LogP contribution in [0, 0.1) is 0 Å². The van der Waals surface area contributed by atoms with Crippen molar-refractivity contribution in [1.82, 2.24) is 4.98 Å². The molecule has 3 nitrogen and oxygen atoms in total. The van der Waals surface area contributed by atoms with Gasteiger partial charge < -0.3 is 9.84 Å². The van der Waals surface area contributed by atoms with Crippen LogP contribution in [0.5, 0.6) is 11.5 Å². The SMILES string of the molecule is C[C@@H](O)c1ccc(Oc2cnc3ccccc3c2)cc1Br. The van der Waals surface area contributed by atoms with Gasteiger partial charge >= 0.3 is 0 Å². The van der Waals surface area contributed by atoms with Crippen molar-refractivity contribution in [2.75, 3.05) is 0 Å². The van der Waals surface area contributed by atoms with Gasteiger partial charge in [-0.15, -0.1) is 0 Å². The maximum Gasteiger partial charge on any atom is 0.146 e. The van der Waals surface area contributed by atoms with E-state index in [4.69, 9.17) is 4.74 Å². The first-order chi connectivity index (χ1) is 10.1. The molecule has 0 radical (unpaired) electrons. The summed E-state index contributed by atoms with van der Waals surface area (Å²) in [5.41, 5.74) is 1.77. The van der Waals surface area contributed by atoms with E-state index in [9.17, 15) is 5.11 Å². The van der Waals surface area contributed by atoms with Gasteiger partial charge in [0.15, 0.2) is 0 Å². The van der Waals surface area contributed by atoms with Gasteiger partial charge in [0, 0.05) is 9.86 Å². The molecule has 21 heavy (non-hydrogen) atoms. The van der Waals surface area contributed by atoms with Crippen molar-refractivity contribution < 1.29 is 9.84 Å². The molecule has 0 saturated carbocycles. The van der Waals surface area contributed by atoms with E-state index in [2.05, 4.69) is 20.9 Å². The van der Waals surface area contributed by atoms with Gasteiger partial charge in [-0.2, -0.15) is 0 Å². The van der Waals surface area contributed by atoms with Crippen LogP contribution in [0.3, 0.4) is 0 Å². The van der Waals surface area contributed by atoms with Gasteiger partial charge in [0.2, 0.25) is 0 Å². The molecule has 4 heteroatoms. The van der Waals surface area contributed by atoms with E-state index in [-0.39, 0.29) is 0 Å². The Bertz CT molecular complexity index is 787. The minimum absolute atomic E-state index is 0.518. The average Bonchev–Trinajstić information content (AvgIpc) is 2.47. The molecular weight excluding hydrogens is 330 g/mol. The number of aliphatic hydroxyl groups excluding tert-OH is 1. The van der Waals surface area contributed by atoms with E-state index < -0.39 is 6.10 Å². The number of rotatable bonds is 3. The molecular formula is C17H14BrNO2. The highest BCUT2D eigenvalue weighted by Crippen LogP contribution is 2.30. The number of halogens is 1. The summed E-state index contributed by atoms with van der Waals surface area (Å²) in [6, 6.07) is 15.4.